The summed E-state index contributed by atoms with van der Waals surface area (Å²) in [6.07, 6.45) is 2.50. The molecule has 2 aliphatic rings. The van der Waals surface area contributed by atoms with Gasteiger partial charge in [-0.05, 0) is 47.5 Å². The van der Waals surface area contributed by atoms with E-state index < -0.39 is 0 Å². The van der Waals surface area contributed by atoms with Crippen LogP contribution in [0, 0.1) is 5.41 Å². The van der Waals surface area contributed by atoms with E-state index in [0.29, 0.717) is 10.2 Å². The fourth-order valence-electron chi connectivity index (χ4n) is 3.41. The first kappa shape index (κ1) is 17.6. The lowest BCUT2D eigenvalue weighted by molar-refractivity contribution is -0.0293. The van der Waals surface area contributed by atoms with Crippen LogP contribution in [0.5, 0.6) is 0 Å². The summed E-state index contributed by atoms with van der Waals surface area (Å²) >= 11 is 2.11. The van der Waals surface area contributed by atoms with Crippen LogP contribution < -0.4 is 5.32 Å². The Morgan fingerprint density at radius 1 is 1.29 bits per heavy atom. The highest BCUT2D eigenvalue weighted by molar-refractivity contribution is 8.00. The van der Waals surface area contributed by atoms with E-state index in [1.807, 2.05) is 0 Å². The molecule has 2 saturated heterocycles. The minimum absolute atomic E-state index is 0.182. The van der Waals surface area contributed by atoms with Gasteiger partial charge in [-0.15, -0.1) is 0 Å². The lowest BCUT2D eigenvalue weighted by Crippen LogP contribution is -2.55. The van der Waals surface area contributed by atoms with E-state index >= 15 is 0 Å². The highest BCUT2D eigenvalue weighted by Gasteiger charge is 2.38. The van der Waals surface area contributed by atoms with Crippen LogP contribution in [0.1, 0.15) is 47.5 Å². The van der Waals surface area contributed by atoms with Crippen molar-refractivity contribution < 1.29 is 4.74 Å². The molecule has 2 fully saturated rings. The Morgan fingerprint density at radius 2 is 2.05 bits per heavy atom. The molecule has 3 nitrogen and oxygen atoms in total. The van der Waals surface area contributed by atoms with Crippen molar-refractivity contribution in [2.45, 2.75) is 57.7 Å². The molecule has 0 aromatic rings. The van der Waals surface area contributed by atoms with Gasteiger partial charge in [0.2, 0.25) is 0 Å². The van der Waals surface area contributed by atoms with E-state index in [0.717, 1.165) is 19.8 Å². The van der Waals surface area contributed by atoms with Gasteiger partial charge in [0.25, 0.3) is 0 Å². The summed E-state index contributed by atoms with van der Waals surface area (Å²) in [4.78, 5) is 2.68. The second kappa shape index (κ2) is 6.77. The molecule has 0 aromatic carbocycles. The number of rotatable bonds is 4. The fourth-order valence-corrected chi connectivity index (χ4v) is 4.58. The zero-order chi connectivity index (χ0) is 15.6. The molecular formula is C17H34N2OS. The molecule has 1 N–H and O–H groups in total. The average Bonchev–Trinajstić information content (AvgIpc) is 2.36. The Bertz CT molecular complexity index is 332. The predicted octanol–water partition coefficient (Wildman–Crippen LogP) is 3.00. The second-order valence-corrected chi connectivity index (χ2v) is 10.4. The molecule has 0 bridgehead atoms. The van der Waals surface area contributed by atoms with Crippen molar-refractivity contribution in [2.75, 3.05) is 45.1 Å². The highest BCUT2D eigenvalue weighted by atomic mass is 32.2. The summed E-state index contributed by atoms with van der Waals surface area (Å²) < 4.78 is 6.27. The molecule has 0 aromatic heterocycles. The van der Waals surface area contributed by atoms with Gasteiger partial charge in [-0.2, -0.15) is 11.8 Å². The number of ether oxygens (including phenoxy) is 1. The van der Waals surface area contributed by atoms with Gasteiger partial charge in [-0.1, -0.05) is 0 Å². The number of thioether (sulfide) groups is 1. The number of hydrogen-bond donors (Lipinski definition) is 1. The van der Waals surface area contributed by atoms with Crippen molar-refractivity contribution in [1.82, 2.24) is 10.2 Å². The van der Waals surface area contributed by atoms with Crippen LogP contribution in [0.4, 0.5) is 0 Å². The SMILES string of the molecule is CC(C)(C)NCC1(CN2CCSC(C)(C)C2)CCCOC1. The van der Waals surface area contributed by atoms with E-state index in [1.54, 1.807) is 0 Å². The average molecular weight is 315 g/mol. The molecule has 0 radical (unpaired) electrons. The van der Waals surface area contributed by atoms with E-state index in [2.05, 4.69) is 56.6 Å². The van der Waals surface area contributed by atoms with Crippen LogP contribution >= 0.6 is 11.8 Å². The molecule has 0 aliphatic carbocycles. The number of hydrogen-bond acceptors (Lipinski definition) is 4. The third-order valence-corrected chi connectivity index (χ3v) is 5.76. The van der Waals surface area contributed by atoms with Gasteiger partial charge < -0.3 is 15.0 Å². The van der Waals surface area contributed by atoms with Crippen LogP contribution in [-0.2, 0) is 4.74 Å². The fraction of sp³-hybridized carbons (Fsp3) is 1.00. The van der Waals surface area contributed by atoms with E-state index in [9.17, 15) is 0 Å². The molecule has 0 amide bonds. The summed E-state index contributed by atoms with van der Waals surface area (Å²) in [6.45, 7) is 18.1. The first-order valence-corrected chi connectivity index (χ1v) is 9.38. The number of nitrogens with one attached hydrogen (secondary N) is 1. The van der Waals surface area contributed by atoms with Crippen molar-refractivity contribution in [3.63, 3.8) is 0 Å². The summed E-state index contributed by atoms with van der Waals surface area (Å²) in [5.41, 5.74) is 0.477. The largest absolute Gasteiger partial charge is 0.381 e. The lowest BCUT2D eigenvalue weighted by Gasteiger charge is -2.46. The molecule has 2 aliphatic heterocycles. The van der Waals surface area contributed by atoms with Crippen molar-refractivity contribution in [1.29, 1.82) is 0 Å². The zero-order valence-corrected chi connectivity index (χ0v) is 15.4. The van der Waals surface area contributed by atoms with Gasteiger partial charge in [0.15, 0.2) is 0 Å². The predicted molar refractivity (Wildman–Crippen MR) is 93.2 cm³/mol. The molecule has 1 atom stereocenters. The van der Waals surface area contributed by atoms with Crippen molar-refractivity contribution in [3.05, 3.63) is 0 Å². The first-order chi connectivity index (χ1) is 9.70. The molecule has 0 spiro atoms. The van der Waals surface area contributed by atoms with Gasteiger partial charge in [0.05, 0.1) is 6.61 Å². The van der Waals surface area contributed by atoms with Crippen LogP contribution in [0.25, 0.3) is 0 Å². The summed E-state index contributed by atoms with van der Waals surface area (Å²) in [7, 11) is 0. The van der Waals surface area contributed by atoms with E-state index in [4.69, 9.17) is 4.74 Å². The lowest BCUT2D eigenvalue weighted by atomic mass is 9.81. The Labute approximate surface area is 135 Å². The second-order valence-electron chi connectivity index (χ2n) is 8.58. The Kier molecular flexibility index (Phi) is 5.67. The van der Waals surface area contributed by atoms with E-state index in [-0.39, 0.29) is 5.54 Å². The van der Waals surface area contributed by atoms with Gasteiger partial charge in [-0.3, -0.25) is 0 Å². The molecule has 2 heterocycles. The minimum atomic E-state index is 0.182. The standard InChI is InChI=1S/C17H34N2OS/c1-15(2,3)18-11-17(7-6-9-20-14-17)13-19-8-10-21-16(4,5)12-19/h18H,6-14H2,1-5H3. The third-order valence-electron chi connectivity index (χ3n) is 4.46. The Morgan fingerprint density at radius 3 is 2.62 bits per heavy atom. The van der Waals surface area contributed by atoms with Gasteiger partial charge in [0.1, 0.15) is 0 Å². The quantitative estimate of drug-likeness (QED) is 0.862. The Balaban J connectivity index is 1.98. The normalized spacial score (nSPS) is 31.3. The Hall–Kier alpha value is 0.230. The highest BCUT2D eigenvalue weighted by Crippen LogP contribution is 2.34. The van der Waals surface area contributed by atoms with Crippen molar-refractivity contribution in [2.24, 2.45) is 5.41 Å². The molecule has 21 heavy (non-hydrogen) atoms. The van der Waals surface area contributed by atoms with Crippen LogP contribution in [0.3, 0.4) is 0 Å². The molecule has 4 heteroatoms. The summed E-state index contributed by atoms with van der Waals surface area (Å²) in [5, 5.41) is 3.73. The maximum absolute atomic E-state index is 5.87. The summed E-state index contributed by atoms with van der Waals surface area (Å²) in [5.74, 6) is 1.26. The monoisotopic (exact) mass is 314 g/mol. The molecule has 2 rings (SSSR count). The van der Waals surface area contributed by atoms with Gasteiger partial charge in [-0.25, -0.2) is 0 Å². The molecule has 124 valence electrons. The number of nitrogens with zero attached hydrogens (tertiary/aromatic N) is 1. The van der Waals surface area contributed by atoms with Crippen LogP contribution in [-0.4, -0.2) is 60.3 Å². The van der Waals surface area contributed by atoms with Crippen LogP contribution in [0.15, 0.2) is 0 Å². The van der Waals surface area contributed by atoms with Crippen molar-refractivity contribution >= 4 is 11.8 Å². The van der Waals surface area contributed by atoms with Gasteiger partial charge >= 0.3 is 0 Å². The summed E-state index contributed by atoms with van der Waals surface area (Å²) in [6, 6.07) is 0. The molecule has 0 saturated carbocycles. The molecule has 1 unspecified atom stereocenters. The topological polar surface area (TPSA) is 24.5 Å². The maximum Gasteiger partial charge on any atom is 0.0546 e. The van der Waals surface area contributed by atoms with Crippen molar-refractivity contribution in [3.8, 4) is 0 Å². The zero-order valence-electron chi connectivity index (χ0n) is 14.6. The smallest absolute Gasteiger partial charge is 0.0546 e. The maximum atomic E-state index is 5.87. The molecular weight excluding hydrogens is 280 g/mol. The minimum Gasteiger partial charge on any atom is -0.381 e. The van der Waals surface area contributed by atoms with Gasteiger partial charge in [0, 0.05) is 54.2 Å². The van der Waals surface area contributed by atoms with Crippen LogP contribution in [0.2, 0.25) is 0 Å². The first-order valence-electron chi connectivity index (χ1n) is 8.39. The van der Waals surface area contributed by atoms with E-state index in [1.165, 1.54) is 38.2 Å². The third kappa shape index (κ3) is 5.74.